The Bertz CT molecular complexity index is 648. The van der Waals surface area contributed by atoms with Gasteiger partial charge < -0.3 is 16.4 Å². The monoisotopic (exact) mass is 395 g/mol. The summed E-state index contributed by atoms with van der Waals surface area (Å²) in [6, 6.07) is 2.90. The Kier molecular flexibility index (Phi) is 6.60. The number of anilines is 2. The van der Waals surface area contributed by atoms with Gasteiger partial charge in [0.1, 0.15) is 0 Å². The Labute approximate surface area is 137 Å². The first-order chi connectivity index (χ1) is 10.1. The number of amides is 2. The van der Waals surface area contributed by atoms with Crippen molar-refractivity contribution in [2.24, 2.45) is 0 Å². The Morgan fingerprint density at radius 1 is 1.45 bits per heavy atom. The molecule has 8 nitrogen and oxygen atoms in total. The van der Waals surface area contributed by atoms with Crippen LogP contribution in [0.3, 0.4) is 0 Å². The molecule has 0 aliphatic carbocycles. The van der Waals surface area contributed by atoms with E-state index in [1.807, 2.05) is 13.8 Å². The normalized spacial score (nSPS) is 11.5. The molecule has 1 aromatic carbocycles. The largest absolute Gasteiger partial charge is 0.398 e. The average Bonchev–Trinajstić information content (AvgIpc) is 2.35. The van der Waals surface area contributed by atoms with Crippen molar-refractivity contribution in [1.29, 1.82) is 0 Å². The fourth-order valence-corrected chi connectivity index (χ4v) is 2.40. The number of urea groups is 1. The summed E-state index contributed by atoms with van der Waals surface area (Å²) in [5.41, 5.74) is 7.37. The highest BCUT2D eigenvalue weighted by Gasteiger charge is 2.12. The van der Waals surface area contributed by atoms with Gasteiger partial charge in [0.2, 0.25) is 0 Å². The van der Waals surface area contributed by atoms with E-state index in [-0.39, 0.29) is 25.1 Å². The van der Waals surface area contributed by atoms with Crippen molar-refractivity contribution in [3.8, 4) is 0 Å². The predicted molar refractivity (Wildman–Crippen MR) is 87.0 cm³/mol. The SMILES string of the molecule is CC(C)NC(=O)Nc1ccc(CCOS(=O)(=O)O)c(N)c1Br. The molecule has 0 aliphatic heterocycles. The second-order valence-corrected chi connectivity index (χ2v) is 6.64. The maximum absolute atomic E-state index is 11.7. The van der Waals surface area contributed by atoms with Gasteiger partial charge in [0.05, 0.1) is 22.5 Å². The van der Waals surface area contributed by atoms with Crippen molar-refractivity contribution in [1.82, 2.24) is 5.32 Å². The van der Waals surface area contributed by atoms with Gasteiger partial charge in [0.15, 0.2) is 0 Å². The highest BCUT2D eigenvalue weighted by atomic mass is 79.9. The lowest BCUT2D eigenvalue weighted by Gasteiger charge is -2.14. The molecule has 0 atom stereocenters. The van der Waals surface area contributed by atoms with Gasteiger partial charge in [-0.25, -0.2) is 8.98 Å². The summed E-state index contributed by atoms with van der Waals surface area (Å²) in [6.45, 7) is 3.43. The Morgan fingerprint density at radius 3 is 2.64 bits per heavy atom. The van der Waals surface area contributed by atoms with Crippen LogP contribution in [0.4, 0.5) is 16.2 Å². The quantitative estimate of drug-likeness (QED) is 0.429. The summed E-state index contributed by atoms with van der Waals surface area (Å²) < 4.78 is 34.2. The van der Waals surface area contributed by atoms with E-state index in [9.17, 15) is 13.2 Å². The van der Waals surface area contributed by atoms with Gasteiger partial charge in [-0.3, -0.25) is 4.55 Å². The highest BCUT2D eigenvalue weighted by molar-refractivity contribution is 9.10. The second-order valence-electron chi connectivity index (χ2n) is 4.75. The predicted octanol–water partition coefficient (Wildman–Crippen LogP) is 1.92. The lowest BCUT2D eigenvalue weighted by atomic mass is 10.1. The molecule has 0 radical (unpaired) electrons. The maximum atomic E-state index is 11.7. The molecule has 2 amide bonds. The minimum absolute atomic E-state index is 0.00650. The lowest BCUT2D eigenvalue weighted by molar-refractivity contribution is 0.250. The third-order valence-corrected chi connectivity index (χ3v) is 3.86. The fraction of sp³-hybridized carbons (Fsp3) is 0.417. The van der Waals surface area contributed by atoms with E-state index in [4.69, 9.17) is 10.3 Å². The van der Waals surface area contributed by atoms with Crippen molar-refractivity contribution in [3.63, 3.8) is 0 Å². The zero-order valence-corrected chi connectivity index (χ0v) is 14.5. The highest BCUT2D eigenvalue weighted by Crippen LogP contribution is 2.31. The van der Waals surface area contributed by atoms with Crippen LogP contribution in [0.15, 0.2) is 16.6 Å². The van der Waals surface area contributed by atoms with Gasteiger partial charge in [0, 0.05) is 6.04 Å². The third-order valence-electron chi connectivity index (χ3n) is 2.54. The molecule has 0 unspecified atom stereocenters. The second kappa shape index (κ2) is 7.77. The van der Waals surface area contributed by atoms with Gasteiger partial charge in [-0.1, -0.05) is 6.07 Å². The molecule has 0 saturated carbocycles. The summed E-state index contributed by atoms with van der Waals surface area (Å²) in [7, 11) is -4.47. The third kappa shape index (κ3) is 6.18. The van der Waals surface area contributed by atoms with Gasteiger partial charge >= 0.3 is 16.4 Å². The van der Waals surface area contributed by atoms with Gasteiger partial charge in [0.25, 0.3) is 0 Å². The smallest absolute Gasteiger partial charge is 0.397 e. The van der Waals surface area contributed by atoms with Crippen LogP contribution in [0.1, 0.15) is 19.4 Å². The van der Waals surface area contributed by atoms with Crippen molar-refractivity contribution in [2.45, 2.75) is 26.3 Å². The molecule has 22 heavy (non-hydrogen) atoms. The first-order valence-electron chi connectivity index (χ1n) is 6.36. The molecule has 0 aliphatic rings. The molecule has 0 aromatic heterocycles. The van der Waals surface area contributed by atoms with Crippen molar-refractivity contribution in [2.75, 3.05) is 17.7 Å². The van der Waals surface area contributed by atoms with E-state index >= 15 is 0 Å². The number of nitrogen functional groups attached to an aromatic ring is 1. The molecule has 5 N–H and O–H groups in total. The number of carbonyl (C=O) groups is 1. The molecular weight excluding hydrogens is 378 g/mol. The average molecular weight is 396 g/mol. The minimum Gasteiger partial charge on any atom is -0.398 e. The van der Waals surface area contributed by atoms with E-state index < -0.39 is 10.4 Å². The number of halogens is 1. The van der Waals surface area contributed by atoms with Gasteiger partial charge in [-0.05, 0) is 47.8 Å². The Hall–Kier alpha value is -1.36. The summed E-state index contributed by atoms with van der Waals surface area (Å²) in [4.78, 5) is 11.7. The first kappa shape index (κ1) is 18.7. The van der Waals surface area contributed by atoms with Crippen molar-refractivity contribution in [3.05, 3.63) is 22.2 Å². The molecule has 0 spiro atoms. The zero-order chi connectivity index (χ0) is 16.9. The molecule has 0 saturated heterocycles. The zero-order valence-electron chi connectivity index (χ0n) is 12.1. The standard InChI is InChI=1S/C12H18BrN3O5S/c1-7(2)15-12(17)16-9-4-3-8(11(14)10(9)13)5-6-21-22(18,19)20/h3-4,7H,5-6,14H2,1-2H3,(H2,15,16,17)(H,18,19,20). The molecule has 1 aromatic rings. The Morgan fingerprint density at radius 2 is 2.09 bits per heavy atom. The van der Waals surface area contributed by atoms with Crippen LogP contribution in [0.5, 0.6) is 0 Å². The number of hydrogen-bond acceptors (Lipinski definition) is 5. The molecular formula is C12H18BrN3O5S. The van der Waals surface area contributed by atoms with Crippen molar-refractivity contribution < 1.29 is 21.9 Å². The Balaban J connectivity index is 2.77. The van der Waals surface area contributed by atoms with Crippen LogP contribution in [-0.4, -0.2) is 31.7 Å². The molecule has 10 heteroatoms. The topological polar surface area (TPSA) is 131 Å². The van der Waals surface area contributed by atoms with E-state index in [0.717, 1.165) is 0 Å². The van der Waals surface area contributed by atoms with E-state index in [0.29, 0.717) is 21.4 Å². The summed E-state index contributed by atoms with van der Waals surface area (Å²) in [6.07, 6.45) is 0.183. The van der Waals surface area contributed by atoms with Crippen LogP contribution < -0.4 is 16.4 Å². The van der Waals surface area contributed by atoms with E-state index in [1.54, 1.807) is 12.1 Å². The van der Waals surface area contributed by atoms with Crippen LogP contribution >= 0.6 is 15.9 Å². The molecule has 124 valence electrons. The number of nitrogens with two attached hydrogens (primary N) is 1. The first-order valence-corrected chi connectivity index (χ1v) is 8.52. The molecule has 0 bridgehead atoms. The number of rotatable bonds is 6. The van der Waals surface area contributed by atoms with Crippen LogP contribution in [0.25, 0.3) is 0 Å². The molecule has 0 heterocycles. The summed E-state index contributed by atoms with van der Waals surface area (Å²) in [5, 5.41) is 5.32. The van der Waals surface area contributed by atoms with Gasteiger partial charge in [-0.2, -0.15) is 8.42 Å². The molecule has 1 rings (SSSR count). The minimum atomic E-state index is -4.47. The summed E-state index contributed by atoms with van der Waals surface area (Å²) in [5.74, 6) is 0. The number of nitrogens with one attached hydrogen (secondary N) is 2. The van der Waals surface area contributed by atoms with Crippen molar-refractivity contribution >= 4 is 43.7 Å². The van der Waals surface area contributed by atoms with Crippen LogP contribution in [0, 0.1) is 0 Å². The van der Waals surface area contributed by atoms with Gasteiger partial charge in [-0.15, -0.1) is 0 Å². The van der Waals surface area contributed by atoms with E-state index in [1.165, 1.54) is 0 Å². The number of benzene rings is 1. The van der Waals surface area contributed by atoms with Crippen LogP contribution in [0.2, 0.25) is 0 Å². The number of hydrogen-bond donors (Lipinski definition) is 4. The lowest BCUT2D eigenvalue weighted by Crippen LogP contribution is -2.34. The fourth-order valence-electron chi connectivity index (χ4n) is 1.62. The maximum Gasteiger partial charge on any atom is 0.397 e. The van der Waals surface area contributed by atoms with Crippen LogP contribution in [-0.2, 0) is 21.0 Å². The summed E-state index contributed by atoms with van der Waals surface area (Å²) >= 11 is 3.28. The van der Waals surface area contributed by atoms with E-state index in [2.05, 4.69) is 30.7 Å². The molecule has 0 fully saturated rings. The number of carbonyl (C=O) groups excluding carboxylic acids is 1.